The minimum atomic E-state index is 0.289. The van der Waals surface area contributed by atoms with Gasteiger partial charge in [0, 0.05) is 11.8 Å². The summed E-state index contributed by atoms with van der Waals surface area (Å²) in [6.07, 6.45) is 3.53. The van der Waals surface area contributed by atoms with Crippen LogP contribution < -0.4 is 5.73 Å². The molecule has 0 fully saturated rings. The van der Waals surface area contributed by atoms with E-state index in [1.54, 1.807) is 0 Å². The molecule has 0 radical (unpaired) electrons. The van der Waals surface area contributed by atoms with Crippen molar-refractivity contribution in [2.24, 2.45) is 5.73 Å². The molecule has 4 nitrogen and oxygen atoms in total. The summed E-state index contributed by atoms with van der Waals surface area (Å²) < 4.78 is 0. The highest BCUT2D eigenvalue weighted by Crippen LogP contribution is 2.06. The van der Waals surface area contributed by atoms with Gasteiger partial charge in [-0.05, 0) is 12.5 Å². The molecule has 0 saturated heterocycles. The van der Waals surface area contributed by atoms with Crippen LogP contribution in [0, 0.1) is 5.41 Å². The molecule has 1 aromatic carbocycles. The second-order valence-corrected chi connectivity index (χ2v) is 3.23. The Balaban J connectivity index is 0.000000167. The van der Waals surface area contributed by atoms with Gasteiger partial charge in [-0.2, -0.15) is 5.10 Å². The van der Waals surface area contributed by atoms with Crippen LogP contribution in [-0.4, -0.2) is 16.0 Å². The number of nitrogens with two attached hydrogens (primary N) is 1. The van der Waals surface area contributed by atoms with Gasteiger partial charge in [0.15, 0.2) is 0 Å². The van der Waals surface area contributed by atoms with Gasteiger partial charge >= 0.3 is 0 Å². The standard InChI is InChI=1S/C7H6N2.C4H10N2/c1-2-4-7-6(3-1)5-8-9-7;1-2-3-4(5)6/h1-5H,(H,8,9);2-3H2,1H3,(H3,5,6). The molecule has 4 heteroatoms. The van der Waals surface area contributed by atoms with E-state index in [2.05, 4.69) is 10.2 Å². The number of hydrogen-bond donors (Lipinski definition) is 3. The summed E-state index contributed by atoms with van der Waals surface area (Å²) in [6.45, 7) is 2.00. The molecule has 2 rings (SSSR count). The predicted octanol–water partition coefficient (Wildman–Crippen LogP) is 2.29. The molecule has 15 heavy (non-hydrogen) atoms. The number of nitrogens with zero attached hydrogens (tertiary/aromatic N) is 1. The van der Waals surface area contributed by atoms with E-state index in [4.69, 9.17) is 11.1 Å². The zero-order chi connectivity index (χ0) is 11.1. The Kier molecular flexibility index (Phi) is 4.34. The Bertz CT molecular complexity index is 389. The molecule has 0 amide bonds. The number of amidine groups is 1. The molecule has 80 valence electrons. The molecular weight excluding hydrogens is 188 g/mol. The van der Waals surface area contributed by atoms with E-state index in [0.29, 0.717) is 0 Å². The minimum Gasteiger partial charge on any atom is -0.388 e. The smallest absolute Gasteiger partial charge is 0.0905 e. The van der Waals surface area contributed by atoms with Crippen molar-refractivity contribution in [1.82, 2.24) is 10.2 Å². The lowest BCUT2D eigenvalue weighted by molar-refractivity contribution is 0.976. The molecule has 0 atom stereocenters. The lowest BCUT2D eigenvalue weighted by Gasteiger charge is -1.85. The van der Waals surface area contributed by atoms with Gasteiger partial charge in [0.05, 0.1) is 17.5 Å². The molecule has 0 aliphatic heterocycles. The number of benzene rings is 1. The first kappa shape index (κ1) is 11.2. The summed E-state index contributed by atoms with van der Waals surface area (Å²) >= 11 is 0. The molecule has 1 heterocycles. The first-order chi connectivity index (χ1) is 7.24. The van der Waals surface area contributed by atoms with Crippen LogP contribution in [0.4, 0.5) is 0 Å². The molecule has 0 bridgehead atoms. The van der Waals surface area contributed by atoms with E-state index < -0.39 is 0 Å². The molecular formula is C11H16N4. The predicted molar refractivity (Wildman–Crippen MR) is 62.9 cm³/mol. The van der Waals surface area contributed by atoms with Crippen LogP contribution in [0.15, 0.2) is 30.5 Å². The summed E-state index contributed by atoms with van der Waals surface area (Å²) in [7, 11) is 0. The number of aromatic amines is 1. The number of para-hydroxylation sites is 1. The van der Waals surface area contributed by atoms with Crippen molar-refractivity contribution in [3.8, 4) is 0 Å². The highest BCUT2D eigenvalue weighted by molar-refractivity contribution is 5.77. The summed E-state index contributed by atoms with van der Waals surface area (Å²) in [4.78, 5) is 0. The molecule has 0 unspecified atom stereocenters. The lowest BCUT2D eigenvalue weighted by atomic mass is 10.3. The van der Waals surface area contributed by atoms with Crippen molar-refractivity contribution >= 4 is 16.7 Å². The third-order valence-electron chi connectivity index (χ3n) is 1.87. The van der Waals surface area contributed by atoms with Gasteiger partial charge in [-0.3, -0.25) is 10.5 Å². The van der Waals surface area contributed by atoms with Gasteiger partial charge < -0.3 is 5.73 Å². The van der Waals surface area contributed by atoms with Crippen LogP contribution in [0.3, 0.4) is 0 Å². The first-order valence-corrected chi connectivity index (χ1v) is 4.95. The van der Waals surface area contributed by atoms with E-state index in [-0.39, 0.29) is 5.84 Å². The van der Waals surface area contributed by atoms with Crippen LogP contribution in [-0.2, 0) is 0 Å². The molecule has 0 aliphatic rings. The monoisotopic (exact) mass is 204 g/mol. The molecule has 1 aromatic heterocycles. The maximum atomic E-state index is 6.67. The highest BCUT2D eigenvalue weighted by atomic mass is 15.1. The zero-order valence-corrected chi connectivity index (χ0v) is 8.83. The van der Waals surface area contributed by atoms with Crippen LogP contribution in [0.2, 0.25) is 0 Å². The molecule has 0 aliphatic carbocycles. The second-order valence-electron chi connectivity index (χ2n) is 3.23. The lowest BCUT2D eigenvalue weighted by Crippen LogP contribution is -2.07. The second kappa shape index (κ2) is 5.80. The summed E-state index contributed by atoms with van der Waals surface area (Å²) in [5.41, 5.74) is 6.08. The van der Waals surface area contributed by atoms with E-state index in [1.165, 1.54) is 0 Å². The Hall–Kier alpha value is -1.84. The maximum Gasteiger partial charge on any atom is 0.0905 e. The number of fused-ring (bicyclic) bond motifs is 1. The van der Waals surface area contributed by atoms with Gasteiger partial charge in [-0.15, -0.1) is 0 Å². The van der Waals surface area contributed by atoms with Gasteiger partial charge in [0.1, 0.15) is 0 Å². The average molecular weight is 204 g/mol. The van der Waals surface area contributed by atoms with E-state index in [0.717, 1.165) is 23.7 Å². The fourth-order valence-electron chi connectivity index (χ4n) is 1.15. The van der Waals surface area contributed by atoms with Crippen molar-refractivity contribution in [2.75, 3.05) is 0 Å². The third kappa shape index (κ3) is 3.81. The summed E-state index contributed by atoms with van der Waals surface area (Å²) in [5.74, 6) is 0.289. The van der Waals surface area contributed by atoms with Gasteiger partial charge in [-0.25, -0.2) is 0 Å². The van der Waals surface area contributed by atoms with Gasteiger partial charge in [-0.1, -0.05) is 25.1 Å². The topological polar surface area (TPSA) is 78.5 Å². The van der Waals surface area contributed by atoms with Crippen molar-refractivity contribution in [3.63, 3.8) is 0 Å². The van der Waals surface area contributed by atoms with Crippen molar-refractivity contribution in [1.29, 1.82) is 5.41 Å². The summed E-state index contributed by atoms with van der Waals surface area (Å²) in [6, 6.07) is 8.01. The van der Waals surface area contributed by atoms with E-state index in [9.17, 15) is 0 Å². The van der Waals surface area contributed by atoms with Crippen LogP contribution in [0.25, 0.3) is 10.9 Å². The first-order valence-electron chi connectivity index (χ1n) is 4.95. The number of nitrogens with one attached hydrogen (secondary N) is 2. The molecule has 0 spiro atoms. The van der Waals surface area contributed by atoms with E-state index in [1.807, 2.05) is 37.4 Å². The van der Waals surface area contributed by atoms with Crippen molar-refractivity contribution in [2.45, 2.75) is 19.8 Å². The van der Waals surface area contributed by atoms with Crippen LogP contribution in [0.5, 0.6) is 0 Å². The normalized spacial score (nSPS) is 9.40. The zero-order valence-electron chi connectivity index (χ0n) is 8.83. The fourth-order valence-corrected chi connectivity index (χ4v) is 1.15. The number of hydrogen-bond acceptors (Lipinski definition) is 2. The van der Waals surface area contributed by atoms with Crippen molar-refractivity contribution in [3.05, 3.63) is 30.5 Å². The highest BCUT2D eigenvalue weighted by Gasteiger charge is 1.88. The van der Waals surface area contributed by atoms with Crippen LogP contribution >= 0.6 is 0 Å². The number of rotatable bonds is 2. The van der Waals surface area contributed by atoms with Crippen LogP contribution in [0.1, 0.15) is 19.8 Å². The minimum absolute atomic E-state index is 0.289. The van der Waals surface area contributed by atoms with Crippen molar-refractivity contribution < 1.29 is 0 Å². The molecule has 4 N–H and O–H groups in total. The Morgan fingerprint density at radius 3 is 2.73 bits per heavy atom. The third-order valence-corrected chi connectivity index (χ3v) is 1.87. The number of aromatic nitrogens is 2. The maximum absolute atomic E-state index is 6.67. The Morgan fingerprint density at radius 2 is 2.20 bits per heavy atom. The van der Waals surface area contributed by atoms with E-state index >= 15 is 0 Å². The largest absolute Gasteiger partial charge is 0.388 e. The quantitative estimate of drug-likeness (QED) is 0.518. The SMILES string of the molecule is CCCC(=N)N.c1ccc2[nH]ncc2c1. The van der Waals surface area contributed by atoms with Gasteiger partial charge in [0.2, 0.25) is 0 Å². The molecule has 0 saturated carbocycles. The summed E-state index contributed by atoms with van der Waals surface area (Å²) in [5, 5.41) is 14.6. The van der Waals surface area contributed by atoms with Gasteiger partial charge in [0.25, 0.3) is 0 Å². The Morgan fingerprint density at radius 1 is 1.47 bits per heavy atom. The average Bonchev–Trinajstić information content (AvgIpc) is 2.65. The molecule has 2 aromatic rings. The number of H-pyrrole nitrogens is 1. The fraction of sp³-hybridized carbons (Fsp3) is 0.273. The Labute approximate surface area is 89.0 Å².